The zero-order valence-electron chi connectivity index (χ0n) is 15.8. The van der Waals surface area contributed by atoms with Gasteiger partial charge in [-0.2, -0.15) is 9.37 Å². The molecule has 2 atom stereocenters. The fraction of sp³-hybridized carbons (Fsp3) is 0.500. The van der Waals surface area contributed by atoms with Crippen LogP contribution in [0.15, 0.2) is 17.1 Å². The highest BCUT2D eigenvalue weighted by atomic mass is 32.1. The Morgan fingerprint density at radius 1 is 1.52 bits per heavy atom. The molecule has 0 saturated carbocycles. The molecule has 1 amide bonds. The molecule has 0 spiro atoms. The standard InChI is InChI=1S/C18H23FN4O3S/c1-10-5-16(25)22(4)8-14(10)26-13-6-11(2)23(7-13)9-15-17(19)21-18(27-15)20-12(3)24/h5,8,11,13H,6-7,9H2,1-4H3,(H,20,21,24). The van der Waals surface area contributed by atoms with Gasteiger partial charge in [0.2, 0.25) is 11.9 Å². The van der Waals surface area contributed by atoms with Crippen molar-refractivity contribution in [2.45, 2.75) is 45.9 Å². The number of anilines is 1. The largest absolute Gasteiger partial charge is 0.487 e. The molecule has 9 heteroatoms. The highest BCUT2D eigenvalue weighted by Gasteiger charge is 2.32. The summed E-state index contributed by atoms with van der Waals surface area (Å²) >= 11 is 1.15. The monoisotopic (exact) mass is 394 g/mol. The van der Waals surface area contributed by atoms with Crippen LogP contribution in [0.3, 0.4) is 0 Å². The van der Waals surface area contributed by atoms with Gasteiger partial charge in [0, 0.05) is 51.8 Å². The van der Waals surface area contributed by atoms with Gasteiger partial charge in [-0.15, -0.1) is 0 Å². The van der Waals surface area contributed by atoms with E-state index in [2.05, 4.69) is 22.1 Å². The summed E-state index contributed by atoms with van der Waals surface area (Å²) in [7, 11) is 1.69. The van der Waals surface area contributed by atoms with E-state index in [9.17, 15) is 14.0 Å². The number of carbonyl (C=O) groups excluding carboxylic acids is 1. The van der Waals surface area contributed by atoms with Crippen LogP contribution < -0.4 is 15.6 Å². The molecule has 1 aliphatic heterocycles. The van der Waals surface area contributed by atoms with E-state index in [0.717, 1.165) is 23.3 Å². The first kappa shape index (κ1) is 19.5. The molecule has 0 aromatic carbocycles. The Bertz CT molecular complexity index is 910. The minimum absolute atomic E-state index is 0.0398. The summed E-state index contributed by atoms with van der Waals surface area (Å²) in [6.45, 7) is 6.35. The van der Waals surface area contributed by atoms with E-state index >= 15 is 0 Å². The van der Waals surface area contributed by atoms with E-state index in [1.54, 1.807) is 19.3 Å². The lowest BCUT2D eigenvalue weighted by Crippen LogP contribution is -2.28. The first-order valence-corrected chi connectivity index (χ1v) is 9.55. The summed E-state index contributed by atoms with van der Waals surface area (Å²) in [6, 6.07) is 1.77. The lowest BCUT2D eigenvalue weighted by atomic mass is 10.2. The summed E-state index contributed by atoms with van der Waals surface area (Å²) in [5.74, 6) is -0.131. The summed E-state index contributed by atoms with van der Waals surface area (Å²) in [6.07, 6.45) is 2.47. The minimum atomic E-state index is -0.547. The van der Waals surface area contributed by atoms with Gasteiger partial charge in [-0.1, -0.05) is 11.3 Å². The number of aromatic nitrogens is 2. The minimum Gasteiger partial charge on any atom is -0.487 e. The third-order valence-electron chi connectivity index (χ3n) is 4.63. The van der Waals surface area contributed by atoms with E-state index in [1.807, 2.05) is 6.92 Å². The molecule has 27 heavy (non-hydrogen) atoms. The number of hydrogen-bond donors (Lipinski definition) is 1. The number of rotatable bonds is 5. The molecule has 0 aliphatic carbocycles. The number of pyridine rings is 1. The lowest BCUT2D eigenvalue weighted by Gasteiger charge is -2.19. The van der Waals surface area contributed by atoms with E-state index in [1.165, 1.54) is 11.5 Å². The molecular formula is C18H23FN4O3S. The third-order valence-corrected chi connectivity index (χ3v) is 5.56. The highest BCUT2D eigenvalue weighted by molar-refractivity contribution is 7.15. The van der Waals surface area contributed by atoms with Gasteiger partial charge in [0.15, 0.2) is 5.13 Å². The van der Waals surface area contributed by atoms with Crippen molar-refractivity contribution in [2.75, 3.05) is 11.9 Å². The van der Waals surface area contributed by atoms with Gasteiger partial charge in [-0.05, 0) is 19.4 Å². The van der Waals surface area contributed by atoms with Gasteiger partial charge < -0.3 is 14.6 Å². The molecule has 3 heterocycles. The number of amides is 1. The van der Waals surface area contributed by atoms with E-state index in [4.69, 9.17) is 4.74 Å². The topological polar surface area (TPSA) is 76.5 Å². The maximum atomic E-state index is 14.1. The second kappa shape index (κ2) is 7.77. The molecule has 1 fully saturated rings. The van der Waals surface area contributed by atoms with Crippen molar-refractivity contribution < 1.29 is 13.9 Å². The molecule has 1 N–H and O–H groups in total. The van der Waals surface area contributed by atoms with Gasteiger partial charge in [0.25, 0.3) is 5.56 Å². The predicted molar refractivity (Wildman–Crippen MR) is 102 cm³/mol. The van der Waals surface area contributed by atoms with Crippen molar-refractivity contribution >= 4 is 22.4 Å². The fourth-order valence-electron chi connectivity index (χ4n) is 3.17. The molecule has 0 radical (unpaired) electrons. The summed E-state index contributed by atoms with van der Waals surface area (Å²) in [5.41, 5.74) is 0.731. The number of halogens is 1. The van der Waals surface area contributed by atoms with Crippen LogP contribution in [0.4, 0.5) is 9.52 Å². The molecule has 1 aliphatic rings. The van der Waals surface area contributed by atoms with Crippen LogP contribution >= 0.6 is 11.3 Å². The van der Waals surface area contributed by atoms with Crippen LogP contribution in [0.5, 0.6) is 5.75 Å². The van der Waals surface area contributed by atoms with Gasteiger partial charge in [0.1, 0.15) is 11.9 Å². The lowest BCUT2D eigenvalue weighted by molar-refractivity contribution is -0.114. The number of hydrogen-bond acceptors (Lipinski definition) is 6. The molecule has 2 aromatic heterocycles. The quantitative estimate of drug-likeness (QED) is 0.842. The Morgan fingerprint density at radius 2 is 2.26 bits per heavy atom. The van der Waals surface area contributed by atoms with E-state index in [0.29, 0.717) is 23.7 Å². The first-order valence-electron chi connectivity index (χ1n) is 8.73. The smallest absolute Gasteiger partial charge is 0.250 e. The first-order chi connectivity index (χ1) is 12.7. The van der Waals surface area contributed by atoms with Crippen LogP contribution in [-0.4, -0.2) is 39.0 Å². The fourth-order valence-corrected chi connectivity index (χ4v) is 4.09. The molecule has 1 saturated heterocycles. The highest BCUT2D eigenvalue weighted by Crippen LogP contribution is 2.29. The Morgan fingerprint density at radius 3 is 2.96 bits per heavy atom. The second-order valence-corrected chi connectivity index (χ2v) is 8.02. The van der Waals surface area contributed by atoms with Crippen molar-refractivity contribution in [3.05, 3.63) is 39.0 Å². The number of carbonyl (C=O) groups is 1. The molecule has 2 unspecified atom stereocenters. The zero-order valence-corrected chi connectivity index (χ0v) is 16.6. The van der Waals surface area contributed by atoms with Crippen LogP contribution in [0.25, 0.3) is 0 Å². The Labute approximate surface area is 160 Å². The molecule has 7 nitrogen and oxygen atoms in total. The van der Waals surface area contributed by atoms with Crippen molar-refractivity contribution in [1.82, 2.24) is 14.5 Å². The van der Waals surface area contributed by atoms with Crippen LogP contribution in [-0.2, 0) is 18.4 Å². The van der Waals surface area contributed by atoms with E-state index in [-0.39, 0.29) is 28.7 Å². The van der Waals surface area contributed by atoms with Crippen molar-refractivity contribution in [3.63, 3.8) is 0 Å². The number of nitrogens with one attached hydrogen (secondary N) is 1. The van der Waals surface area contributed by atoms with Crippen LogP contribution in [0.1, 0.15) is 30.7 Å². The molecule has 3 rings (SSSR count). The number of ether oxygens (including phenoxy) is 1. The summed E-state index contributed by atoms with van der Waals surface area (Å²) < 4.78 is 21.7. The number of likely N-dealkylation sites (tertiary alicyclic amines) is 1. The second-order valence-electron chi connectivity index (χ2n) is 6.94. The SMILES string of the molecule is CC(=O)Nc1nc(F)c(CN2CC(Oc3cn(C)c(=O)cc3C)CC2C)s1. The van der Waals surface area contributed by atoms with E-state index < -0.39 is 5.95 Å². The summed E-state index contributed by atoms with van der Waals surface area (Å²) in [4.78, 5) is 29.2. The maximum absolute atomic E-state index is 14.1. The van der Waals surface area contributed by atoms with Gasteiger partial charge >= 0.3 is 0 Å². The van der Waals surface area contributed by atoms with Crippen molar-refractivity contribution in [3.8, 4) is 5.75 Å². The Hall–Kier alpha value is -2.26. The number of aryl methyl sites for hydroxylation is 2. The van der Waals surface area contributed by atoms with Gasteiger partial charge in [-0.25, -0.2) is 0 Å². The van der Waals surface area contributed by atoms with Gasteiger partial charge in [0.05, 0.1) is 4.88 Å². The van der Waals surface area contributed by atoms with Crippen molar-refractivity contribution in [2.24, 2.45) is 7.05 Å². The van der Waals surface area contributed by atoms with Gasteiger partial charge in [-0.3, -0.25) is 14.5 Å². The average molecular weight is 394 g/mol. The Kier molecular flexibility index (Phi) is 5.61. The molecule has 2 aromatic rings. The predicted octanol–water partition coefficient (Wildman–Crippen LogP) is 2.29. The van der Waals surface area contributed by atoms with Crippen molar-refractivity contribution in [1.29, 1.82) is 0 Å². The Balaban J connectivity index is 1.66. The third kappa shape index (κ3) is 4.54. The normalized spacial score (nSPS) is 20.0. The average Bonchev–Trinajstić information content (AvgIpc) is 3.07. The van der Waals surface area contributed by atoms with Crippen LogP contribution in [0, 0.1) is 12.9 Å². The molecular weight excluding hydrogens is 371 g/mol. The summed E-state index contributed by atoms with van der Waals surface area (Å²) in [5, 5.41) is 2.79. The number of thiazole rings is 1. The molecule has 0 bridgehead atoms. The maximum Gasteiger partial charge on any atom is 0.250 e. The van der Waals surface area contributed by atoms with Crippen LogP contribution in [0.2, 0.25) is 0 Å². The molecule has 146 valence electrons. The zero-order chi connectivity index (χ0) is 19.7. The number of nitrogens with zero attached hydrogens (tertiary/aromatic N) is 3.